The zero-order valence-corrected chi connectivity index (χ0v) is 10.9. The fourth-order valence-electron chi connectivity index (χ4n) is 2.17. The molecule has 0 aromatic carbocycles. The van der Waals surface area contributed by atoms with Crippen LogP contribution >= 0.6 is 11.3 Å². The van der Waals surface area contributed by atoms with Gasteiger partial charge in [0.2, 0.25) is 0 Å². The highest BCUT2D eigenvalue weighted by Crippen LogP contribution is 2.25. The number of nitrogens with zero attached hydrogens (tertiary/aromatic N) is 2. The van der Waals surface area contributed by atoms with E-state index in [1.165, 1.54) is 35.1 Å². The Morgan fingerprint density at radius 2 is 2.38 bits per heavy atom. The fraction of sp³-hybridized carbons (Fsp3) is 0.750. The number of hydrogen-bond acceptors (Lipinski definition) is 4. The second kappa shape index (κ2) is 5.75. The van der Waals surface area contributed by atoms with Crippen LogP contribution < -0.4 is 5.73 Å². The van der Waals surface area contributed by atoms with Crippen molar-refractivity contribution in [2.75, 3.05) is 19.6 Å². The van der Waals surface area contributed by atoms with Gasteiger partial charge in [0.25, 0.3) is 0 Å². The van der Waals surface area contributed by atoms with Gasteiger partial charge >= 0.3 is 0 Å². The van der Waals surface area contributed by atoms with Crippen LogP contribution in [0, 0.1) is 0 Å². The van der Waals surface area contributed by atoms with E-state index in [-0.39, 0.29) is 0 Å². The van der Waals surface area contributed by atoms with Gasteiger partial charge < -0.3 is 5.73 Å². The molecule has 0 saturated carbocycles. The van der Waals surface area contributed by atoms with Gasteiger partial charge in [0.1, 0.15) is 0 Å². The van der Waals surface area contributed by atoms with Crippen LogP contribution in [0.3, 0.4) is 0 Å². The van der Waals surface area contributed by atoms with Gasteiger partial charge in [0, 0.05) is 30.8 Å². The van der Waals surface area contributed by atoms with Crippen molar-refractivity contribution in [3.05, 3.63) is 15.6 Å². The lowest BCUT2D eigenvalue weighted by molar-refractivity contribution is 0.256. The molecule has 4 heteroatoms. The molecule has 0 radical (unpaired) electrons. The summed E-state index contributed by atoms with van der Waals surface area (Å²) >= 11 is 1.90. The molecular formula is C12H21N3S. The van der Waals surface area contributed by atoms with Crippen molar-refractivity contribution in [3.63, 3.8) is 0 Å². The molecule has 3 nitrogen and oxygen atoms in total. The van der Waals surface area contributed by atoms with Crippen molar-refractivity contribution in [3.8, 4) is 0 Å². The predicted octanol–water partition coefficient (Wildman–Crippen LogP) is 1.80. The van der Waals surface area contributed by atoms with Crippen LogP contribution in [0.5, 0.6) is 0 Å². The first kappa shape index (κ1) is 12.0. The maximum Gasteiger partial charge on any atom is 0.0932 e. The van der Waals surface area contributed by atoms with Crippen molar-refractivity contribution >= 4 is 11.3 Å². The minimum atomic E-state index is 0.770. The van der Waals surface area contributed by atoms with Crippen molar-refractivity contribution in [1.82, 2.24) is 9.88 Å². The van der Waals surface area contributed by atoms with Gasteiger partial charge in [-0.1, -0.05) is 6.92 Å². The Labute approximate surface area is 102 Å². The first-order valence-corrected chi connectivity index (χ1v) is 7.05. The van der Waals surface area contributed by atoms with Gasteiger partial charge in [0.15, 0.2) is 0 Å². The lowest BCUT2D eigenvalue weighted by Crippen LogP contribution is -2.30. The minimum absolute atomic E-state index is 0.770. The zero-order valence-electron chi connectivity index (χ0n) is 10.0. The Kier molecular flexibility index (Phi) is 4.32. The van der Waals surface area contributed by atoms with Crippen molar-refractivity contribution in [2.24, 2.45) is 5.73 Å². The van der Waals surface area contributed by atoms with E-state index in [4.69, 9.17) is 10.7 Å². The largest absolute Gasteiger partial charge is 0.330 e. The Hall–Kier alpha value is -0.450. The highest BCUT2D eigenvalue weighted by atomic mass is 32.1. The maximum atomic E-state index is 5.53. The molecule has 0 spiro atoms. The standard InChI is InChI=1S/C12H21N3S/c1-2-7-15-8-5-10-11(9-15)16-12(14-10)4-3-6-13/h2-9,13H2,1H3. The van der Waals surface area contributed by atoms with E-state index in [1.807, 2.05) is 11.3 Å². The first-order valence-electron chi connectivity index (χ1n) is 6.23. The number of aromatic nitrogens is 1. The van der Waals surface area contributed by atoms with E-state index in [1.54, 1.807) is 0 Å². The lowest BCUT2D eigenvalue weighted by atomic mass is 10.2. The van der Waals surface area contributed by atoms with Crippen molar-refractivity contribution in [1.29, 1.82) is 0 Å². The summed E-state index contributed by atoms with van der Waals surface area (Å²) in [5.41, 5.74) is 6.88. The number of hydrogen-bond donors (Lipinski definition) is 1. The van der Waals surface area contributed by atoms with E-state index in [2.05, 4.69) is 11.8 Å². The maximum absolute atomic E-state index is 5.53. The van der Waals surface area contributed by atoms with E-state index in [9.17, 15) is 0 Å². The molecule has 1 aromatic heterocycles. The van der Waals surface area contributed by atoms with E-state index < -0.39 is 0 Å². The van der Waals surface area contributed by atoms with Crippen LogP contribution in [0.2, 0.25) is 0 Å². The molecule has 1 aliphatic heterocycles. The Balaban J connectivity index is 1.99. The molecule has 2 rings (SSSR count). The molecule has 1 aliphatic rings. The molecule has 0 unspecified atom stereocenters. The molecule has 0 fully saturated rings. The first-order chi connectivity index (χ1) is 7.83. The third kappa shape index (κ3) is 2.81. The molecule has 0 atom stereocenters. The Morgan fingerprint density at radius 3 is 3.12 bits per heavy atom. The fourth-order valence-corrected chi connectivity index (χ4v) is 3.37. The average Bonchev–Trinajstić information content (AvgIpc) is 2.68. The minimum Gasteiger partial charge on any atom is -0.330 e. The normalized spacial score (nSPS) is 16.4. The number of fused-ring (bicyclic) bond motifs is 1. The highest BCUT2D eigenvalue weighted by molar-refractivity contribution is 7.11. The van der Waals surface area contributed by atoms with Gasteiger partial charge in [-0.2, -0.15) is 0 Å². The Morgan fingerprint density at radius 1 is 1.50 bits per heavy atom. The third-order valence-electron chi connectivity index (χ3n) is 2.99. The quantitative estimate of drug-likeness (QED) is 0.852. The van der Waals surface area contributed by atoms with Crippen LogP contribution in [0.4, 0.5) is 0 Å². The summed E-state index contributed by atoms with van der Waals surface area (Å²) in [5.74, 6) is 0. The summed E-state index contributed by atoms with van der Waals surface area (Å²) in [5, 5.41) is 1.29. The van der Waals surface area contributed by atoms with Crippen LogP contribution in [-0.4, -0.2) is 29.5 Å². The van der Waals surface area contributed by atoms with Crippen LogP contribution in [0.25, 0.3) is 0 Å². The Bertz CT molecular complexity index is 335. The van der Waals surface area contributed by atoms with Gasteiger partial charge in [-0.3, -0.25) is 4.90 Å². The monoisotopic (exact) mass is 239 g/mol. The highest BCUT2D eigenvalue weighted by Gasteiger charge is 2.19. The molecular weight excluding hydrogens is 218 g/mol. The zero-order chi connectivity index (χ0) is 11.4. The van der Waals surface area contributed by atoms with Crippen LogP contribution in [0.15, 0.2) is 0 Å². The van der Waals surface area contributed by atoms with E-state index >= 15 is 0 Å². The molecule has 0 aliphatic carbocycles. The molecule has 90 valence electrons. The predicted molar refractivity (Wildman–Crippen MR) is 68.8 cm³/mol. The van der Waals surface area contributed by atoms with Crippen LogP contribution in [0.1, 0.15) is 35.3 Å². The number of aryl methyl sites for hydroxylation is 1. The number of thiazole rings is 1. The SMILES string of the molecule is CCCN1CCc2nc(CCCN)sc2C1. The molecule has 0 amide bonds. The third-order valence-corrected chi connectivity index (χ3v) is 4.13. The van der Waals surface area contributed by atoms with Gasteiger partial charge in [-0.05, 0) is 25.9 Å². The average molecular weight is 239 g/mol. The summed E-state index contributed by atoms with van der Waals surface area (Å²) in [6, 6.07) is 0. The molecule has 1 aromatic rings. The summed E-state index contributed by atoms with van der Waals surface area (Å²) < 4.78 is 0. The summed E-state index contributed by atoms with van der Waals surface area (Å²) in [7, 11) is 0. The molecule has 16 heavy (non-hydrogen) atoms. The topological polar surface area (TPSA) is 42.2 Å². The van der Waals surface area contributed by atoms with Gasteiger partial charge in [0.05, 0.1) is 10.7 Å². The molecule has 2 heterocycles. The number of nitrogens with two attached hydrogens (primary N) is 1. The molecule has 2 N–H and O–H groups in total. The smallest absolute Gasteiger partial charge is 0.0932 e. The molecule has 0 saturated heterocycles. The van der Waals surface area contributed by atoms with Crippen LogP contribution in [-0.2, 0) is 19.4 Å². The summed E-state index contributed by atoms with van der Waals surface area (Å²) in [6.45, 7) is 6.53. The van der Waals surface area contributed by atoms with Crippen molar-refractivity contribution in [2.45, 2.75) is 39.2 Å². The molecule has 0 bridgehead atoms. The summed E-state index contributed by atoms with van der Waals surface area (Å²) in [6.07, 6.45) is 4.50. The van der Waals surface area contributed by atoms with E-state index in [0.29, 0.717) is 0 Å². The summed E-state index contributed by atoms with van der Waals surface area (Å²) in [4.78, 5) is 8.75. The lowest BCUT2D eigenvalue weighted by Gasteiger charge is -2.25. The second-order valence-electron chi connectivity index (χ2n) is 4.40. The van der Waals surface area contributed by atoms with E-state index in [0.717, 1.165) is 32.4 Å². The number of rotatable bonds is 5. The van der Waals surface area contributed by atoms with Crippen molar-refractivity contribution < 1.29 is 0 Å². The van der Waals surface area contributed by atoms with Gasteiger partial charge in [-0.25, -0.2) is 4.98 Å². The second-order valence-corrected chi connectivity index (χ2v) is 5.56. The van der Waals surface area contributed by atoms with Gasteiger partial charge in [-0.15, -0.1) is 11.3 Å².